The highest BCUT2D eigenvalue weighted by molar-refractivity contribution is 5.92. The van der Waals surface area contributed by atoms with Gasteiger partial charge in [0.05, 0.1) is 5.69 Å². The van der Waals surface area contributed by atoms with Crippen molar-refractivity contribution in [2.24, 2.45) is 0 Å². The van der Waals surface area contributed by atoms with E-state index in [1.807, 2.05) is 0 Å². The summed E-state index contributed by atoms with van der Waals surface area (Å²) in [7, 11) is 0. The number of halogens is 1. The second kappa shape index (κ2) is 6.50. The molecule has 6 heteroatoms. The fraction of sp³-hybridized carbons (Fsp3) is 0.0667. The van der Waals surface area contributed by atoms with Gasteiger partial charge in [-0.05, 0) is 30.3 Å². The van der Waals surface area contributed by atoms with Gasteiger partial charge in [-0.15, -0.1) is 0 Å². The third-order valence-electron chi connectivity index (χ3n) is 2.69. The van der Waals surface area contributed by atoms with Gasteiger partial charge in [0.1, 0.15) is 24.1 Å². The number of carbonyl (C=O) groups excluding carboxylic acids is 1. The van der Waals surface area contributed by atoms with Crippen LogP contribution in [-0.2, 0) is 4.79 Å². The number of hydrogen-bond acceptors (Lipinski definition) is 4. The molecule has 2 rings (SSSR count). The summed E-state index contributed by atoms with van der Waals surface area (Å²) in [5.41, 5.74) is 1.31. The van der Waals surface area contributed by atoms with E-state index in [4.69, 9.17) is 10.4 Å². The van der Waals surface area contributed by atoms with E-state index in [0.29, 0.717) is 17.1 Å². The van der Waals surface area contributed by atoms with Crippen LogP contribution in [0.5, 0.6) is 0 Å². The number of hydrogen-bond donors (Lipinski definition) is 3. The molecule has 0 aliphatic rings. The van der Waals surface area contributed by atoms with Crippen LogP contribution in [0.4, 0.5) is 21.5 Å². The molecule has 2 aromatic rings. The van der Waals surface area contributed by atoms with Gasteiger partial charge in [-0.3, -0.25) is 4.79 Å². The monoisotopic (exact) mass is 285 g/mol. The minimum Gasteiger partial charge on any atom is -0.387 e. The Labute approximate surface area is 120 Å². The fourth-order valence-corrected chi connectivity index (χ4v) is 1.77. The van der Waals surface area contributed by atoms with Gasteiger partial charge >= 0.3 is 0 Å². The molecule has 106 valence electrons. The van der Waals surface area contributed by atoms with E-state index in [-0.39, 0.29) is 5.56 Å². The van der Waals surface area contributed by atoms with Crippen molar-refractivity contribution < 1.29 is 14.3 Å². The van der Waals surface area contributed by atoms with E-state index in [2.05, 4.69) is 10.6 Å². The van der Waals surface area contributed by atoms with Crippen LogP contribution in [0, 0.1) is 17.1 Å². The summed E-state index contributed by atoms with van der Waals surface area (Å²) in [5.74, 6) is -1.14. The maximum Gasteiger partial charge on any atom is 0.250 e. The van der Waals surface area contributed by atoms with Crippen molar-refractivity contribution in [3.63, 3.8) is 0 Å². The van der Waals surface area contributed by atoms with E-state index < -0.39 is 18.3 Å². The predicted molar refractivity (Wildman–Crippen MR) is 76.6 cm³/mol. The standard InChI is InChI=1S/C15H12FN3O2/c16-13-5-2-6-14(12(13)8-17)18-10-3-1-4-11(7-10)19-15(21)9-20/h1-7,18,20H,9H2,(H,19,21). The highest BCUT2D eigenvalue weighted by atomic mass is 19.1. The van der Waals surface area contributed by atoms with Gasteiger partial charge in [-0.1, -0.05) is 12.1 Å². The Morgan fingerprint density at radius 3 is 2.67 bits per heavy atom. The number of nitrogens with one attached hydrogen (secondary N) is 2. The molecule has 0 spiro atoms. The van der Waals surface area contributed by atoms with Crippen molar-refractivity contribution in [1.82, 2.24) is 0 Å². The molecule has 0 aliphatic heterocycles. The molecule has 3 N–H and O–H groups in total. The molecule has 0 unspecified atom stereocenters. The summed E-state index contributed by atoms with van der Waals surface area (Å²) >= 11 is 0. The number of nitriles is 1. The average molecular weight is 285 g/mol. The Bertz CT molecular complexity index is 710. The number of carbonyl (C=O) groups is 1. The Balaban J connectivity index is 2.25. The first-order chi connectivity index (χ1) is 10.1. The van der Waals surface area contributed by atoms with Gasteiger partial charge in [0, 0.05) is 11.4 Å². The molecule has 0 bridgehead atoms. The first-order valence-corrected chi connectivity index (χ1v) is 6.10. The molecule has 0 saturated carbocycles. The first kappa shape index (κ1) is 14.5. The third kappa shape index (κ3) is 3.55. The molecule has 21 heavy (non-hydrogen) atoms. The molecule has 0 radical (unpaired) electrons. The predicted octanol–water partition coefficient (Wildman–Crippen LogP) is 2.37. The molecular formula is C15H12FN3O2. The number of benzene rings is 2. The van der Waals surface area contributed by atoms with Crippen LogP contribution < -0.4 is 10.6 Å². The second-order valence-corrected chi connectivity index (χ2v) is 4.19. The minimum absolute atomic E-state index is 0.0812. The lowest BCUT2D eigenvalue weighted by molar-refractivity contribution is -0.118. The van der Waals surface area contributed by atoms with E-state index in [0.717, 1.165) is 0 Å². The highest BCUT2D eigenvalue weighted by Crippen LogP contribution is 2.24. The van der Waals surface area contributed by atoms with Crippen molar-refractivity contribution in [2.45, 2.75) is 0 Å². The Morgan fingerprint density at radius 1 is 1.24 bits per heavy atom. The molecule has 2 aromatic carbocycles. The van der Waals surface area contributed by atoms with Crippen LogP contribution in [-0.4, -0.2) is 17.6 Å². The van der Waals surface area contributed by atoms with Crippen molar-refractivity contribution in [2.75, 3.05) is 17.2 Å². The average Bonchev–Trinajstić information content (AvgIpc) is 2.48. The number of anilines is 3. The zero-order valence-electron chi connectivity index (χ0n) is 10.9. The van der Waals surface area contributed by atoms with Gasteiger partial charge in [0.25, 0.3) is 0 Å². The second-order valence-electron chi connectivity index (χ2n) is 4.19. The van der Waals surface area contributed by atoms with Crippen LogP contribution in [0.3, 0.4) is 0 Å². The maximum absolute atomic E-state index is 13.5. The quantitative estimate of drug-likeness (QED) is 0.805. The van der Waals surface area contributed by atoms with Crippen molar-refractivity contribution in [1.29, 1.82) is 5.26 Å². The number of amides is 1. The van der Waals surface area contributed by atoms with Gasteiger partial charge in [-0.2, -0.15) is 5.26 Å². The van der Waals surface area contributed by atoms with Crippen LogP contribution >= 0.6 is 0 Å². The Morgan fingerprint density at radius 2 is 1.95 bits per heavy atom. The van der Waals surface area contributed by atoms with Crippen molar-refractivity contribution in [3.05, 3.63) is 53.8 Å². The molecule has 0 fully saturated rings. The normalized spacial score (nSPS) is 9.76. The summed E-state index contributed by atoms with van der Waals surface area (Å²) in [4.78, 5) is 11.1. The van der Waals surface area contributed by atoms with Crippen LogP contribution in [0.1, 0.15) is 5.56 Å². The molecule has 0 atom stereocenters. The number of aliphatic hydroxyl groups is 1. The zero-order chi connectivity index (χ0) is 15.2. The van der Waals surface area contributed by atoms with Crippen LogP contribution in [0.15, 0.2) is 42.5 Å². The lowest BCUT2D eigenvalue weighted by atomic mass is 10.1. The minimum atomic E-state index is -0.611. The van der Waals surface area contributed by atoms with Crippen LogP contribution in [0.25, 0.3) is 0 Å². The first-order valence-electron chi connectivity index (χ1n) is 6.10. The number of nitrogens with zero attached hydrogens (tertiary/aromatic N) is 1. The lowest BCUT2D eigenvalue weighted by Crippen LogP contribution is -2.15. The van der Waals surface area contributed by atoms with Crippen LogP contribution in [0.2, 0.25) is 0 Å². The van der Waals surface area contributed by atoms with Gasteiger partial charge in [0.15, 0.2) is 0 Å². The molecule has 0 heterocycles. The number of rotatable bonds is 4. The smallest absolute Gasteiger partial charge is 0.250 e. The van der Waals surface area contributed by atoms with E-state index >= 15 is 0 Å². The molecule has 0 aromatic heterocycles. The molecule has 0 saturated heterocycles. The van der Waals surface area contributed by atoms with E-state index in [9.17, 15) is 9.18 Å². The maximum atomic E-state index is 13.5. The Kier molecular flexibility index (Phi) is 4.49. The SMILES string of the molecule is N#Cc1c(F)cccc1Nc1cccc(NC(=O)CO)c1. The van der Waals surface area contributed by atoms with Gasteiger partial charge in [-0.25, -0.2) is 4.39 Å². The summed E-state index contributed by atoms with van der Waals surface area (Å²) in [6.45, 7) is -0.611. The van der Waals surface area contributed by atoms with Crippen molar-refractivity contribution >= 4 is 23.0 Å². The zero-order valence-corrected chi connectivity index (χ0v) is 10.9. The summed E-state index contributed by atoms with van der Waals surface area (Å²) < 4.78 is 13.5. The summed E-state index contributed by atoms with van der Waals surface area (Å²) in [6, 6.07) is 12.7. The van der Waals surface area contributed by atoms with Gasteiger partial charge < -0.3 is 15.7 Å². The summed E-state index contributed by atoms with van der Waals surface area (Å²) in [6.07, 6.45) is 0. The van der Waals surface area contributed by atoms with Crippen molar-refractivity contribution in [3.8, 4) is 6.07 Å². The molecule has 1 amide bonds. The molecular weight excluding hydrogens is 273 g/mol. The van der Waals surface area contributed by atoms with E-state index in [1.165, 1.54) is 12.1 Å². The molecule has 5 nitrogen and oxygen atoms in total. The summed E-state index contributed by atoms with van der Waals surface area (Å²) in [5, 5.41) is 23.1. The highest BCUT2D eigenvalue weighted by Gasteiger charge is 2.08. The molecule has 0 aliphatic carbocycles. The fourth-order valence-electron chi connectivity index (χ4n) is 1.77. The third-order valence-corrected chi connectivity index (χ3v) is 2.69. The Hall–Kier alpha value is -2.91. The van der Waals surface area contributed by atoms with Gasteiger partial charge in [0.2, 0.25) is 5.91 Å². The number of aliphatic hydroxyl groups excluding tert-OH is 1. The lowest BCUT2D eigenvalue weighted by Gasteiger charge is -2.10. The van der Waals surface area contributed by atoms with E-state index in [1.54, 1.807) is 36.4 Å². The topological polar surface area (TPSA) is 85.2 Å². The largest absolute Gasteiger partial charge is 0.387 e.